The molecular weight excluding hydrogens is 468 g/mol. The largest absolute Gasteiger partial charge is 0.395 e. The van der Waals surface area contributed by atoms with Crippen molar-refractivity contribution in [2.45, 2.75) is 48.2 Å². The fraction of sp³-hybridized carbons (Fsp3) is 0.318. The molecule has 0 spiro atoms. The molecule has 1 aromatic heterocycles. The van der Waals surface area contributed by atoms with Crippen LogP contribution < -0.4 is 5.32 Å². The summed E-state index contributed by atoms with van der Waals surface area (Å²) in [5, 5.41) is 30.7. The van der Waals surface area contributed by atoms with Gasteiger partial charge in [0, 0.05) is 23.6 Å². The normalized spacial score (nSPS) is 13.9. The number of rotatable bonds is 8. The average Bonchev–Trinajstić information content (AvgIpc) is 3.49. The number of carbonyl (C=O) groups excluding carboxylic acids is 1. The van der Waals surface area contributed by atoms with Crippen LogP contribution in [0.25, 0.3) is 0 Å². The molecule has 1 amide bonds. The van der Waals surface area contributed by atoms with E-state index in [0.29, 0.717) is 10.7 Å². The second kappa shape index (κ2) is 10.3. The fourth-order valence-electron chi connectivity index (χ4n) is 3.97. The van der Waals surface area contributed by atoms with Crippen molar-refractivity contribution in [2.75, 3.05) is 11.9 Å². The zero-order chi connectivity index (χ0) is 24.2. The summed E-state index contributed by atoms with van der Waals surface area (Å²) < 4.78 is 31.1. The summed E-state index contributed by atoms with van der Waals surface area (Å²) in [6.07, 6.45) is 5.12. The number of halogens is 2. The summed E-state index contributed by atoms with van der Waals surface area (Å²) in [6.45, 7) is 0.0300. The van der Waals surface area contributed by atoms with Gasteiger partial charge in [-0.3, -0.25) is 14.9 Å². The van der Waals surface area contributed by atoms with Gasteiger partial charge in [0.1, 0.15) is 23.6 Å². The molecule has 0 bridgehead atoms. The molecule has 1 fully saturated rings. The Kier molecular flexibility index (Phi) is 7.17. The van der Waals surface area contributed by atoms with Crippen molar-refractivity contribution < 1.29 is 23.6 Å². The third-order valence-electron chi connectivity index (χ3n) is 5.67. The van der Waals surface area contributed by atoms with E-state index in [1.165, 1.54) is 35.2 Å². The highest BCUT2D eigenvalue weighted by Gasteiger charge is 2.24. The molecule has 34 heavy (non-hydrogen) atoms. The summed E-state index contributed by atoms with van der Waals surface area (Å²) in [4.78, 5) is 23.9. The maximum absolute atomic E-state index is 14.8. The molecule has 0 unspecified atom stereocenters. The first-order chi connectivity index (χ1) is 16.4. The Morgan fingerprint density at radius 3 is 2.59 bits per heavy atom. The lowest BCUT2D eigenvalue weighted by Crippen LogP contribution is -2.16. The molecule has 1 heterocycles. The van der Waals surface area contributed by atoms with Gasteiger partial charge < -0.3 is 15.0 Å². The number of aliphatic hydroxyl groups excluding tert-OH is 1. The van der Waals surface area contributed by atoms with Gasteiger partial charge in [0.2, 0.25) is 0 Å². The van der Waals surface area contributed by atoms with E-state index in [-0.39, 0.29) is 35.2 Å². The van der Waals surface area contributed by atoms with Crippen LogP contribution in [0, 0.1) is 21.7 Å². The molecule has 9 nitrogen and oxygen atoms in total. The van der Waals surface area contributed by atoms with Crippen molar-refractivity contribution >= 4 is 29.0 Å². The van der Waals surface area contributed by atoms with Crippen LogP contribution in [0.4, 0.5) is 20.2 Å². The molecule has 1 aliphatic carbocycles. The van der Waals surface area contributed by atoms with Crippen molar-refractivity contribution in [1.82, 2.24) is 14.8 Å². The molecule has 4 rings (SSSR count). The predicted molar refractivity (Wildman–Crippen MR) is 120 cm³/mol. The highest BCUT2D eigenvalue weighted by Crippen LogP contribution is 2.37. The number of nitrogens with one attached hydrogen (secondary N) is 1. The van der Waals surface area contributed by atoms with Crippen molar-refractivity contribution in [3.63, 3.8) is 0 Å². The van der Waals surface area contributed by atoms with E-state index in [1.807, 2.05) is 0 Å². The van der Waals surface area contributed by atoms with E-state index in [9.17, 15) is 28.8 Å². The molecule has 1 aliphatic rings. The van der Waals surface area contributed by atoms with Crippen LogP contribution in [0.2, 0.25) is 0 Å². The van der Waals surface area contributed by atoms with Crippen LogP contribution in [0.5, 0.6) is 0 Å². The van der Waals surface area contributed by atoms with Gasteiger partial charge in [0.05, 0.1) is 17.1 Å². The molecule has 3 aromatic rings. The number of nitro groups is 1. The molecule has 2 aromatic carbocycles. The Balaban J connectivity index is 1.65. The minimum atomic E-state index is -0.911. The number of amides is 1. The zero-order valence-electron chi connectivity index (χ0n) is 17.9. The van der Waals surface area contributed by atoms with Gasteiger partial charge in [-0.05, 0) is 54.3 Å². The van der Waals surface area contributed by atoms with Gasteiger partial charge in [0.25, 0.3) is 11.6 Å². The molecule has 2 N–H and O–H groups in total. The summed E-state index contributed by atoms with van der Waals surface area (Å²) in [5.74, 6) is -2.63. The van der Waals surface area contributed by atoms with Gasteiger partial charge in [-0.25, -0.2) is 8.78 Å². The van der Waals surface area contributed by atoms with E-state index in [4.69, 9.17) is 0 Å². The number of hydrogen-bond donors (Lipinski definition) is 2. The highest BCUT2D eigenvalue weighted by atomic mass is 32.2. The smallest absolute Gasteiger partial charge is 0.270 e. The monoisotopic (exact) mass is 489 g/mol. The maximum atomic E-state index is 14.8. The summed E-state index contributed by atoms with van der Waals surface area (Å²) in [7, 11) is 0. The third-order valence-corrected chi connectivity index (χ3v) is 6.74. The molecule has 0 radical (unpaired) electrons. The van der Waals surface area contributed by atoms with E-state index in [1.54, 1.807) is 0 Å². The predicted octanol–water partition coefficient (Wildman–Crippen LogP) is 4.52. The molecule has 12 heteroatoms. The number of hydrogen-bond acceptors (Lipinski definition) is 7. The van der Waals surface area contributed by atoms with E-state index >= 15 is 0 Å². The number of nitrogens with zero attached hydrogens (tertiary/aromatic N) is 4. The molecule has 178 valence electrons. The first kappa shape index (κ1) is 23.8. The molecule has 1 saturated carbocycles. The number of carbonyl (C=O) groups is 1. The molecule has 0 saturated heterocycles. The van der Waals surface area contributed by atoms with Crippen LogP contribution in [-0.2, 0) is 6.54 Å². The first-order valence-corrected chi connectivity index (χ1v) is 11.4. The average molecular weight is 490 g/mol. The van der Waals surface area contributed by atoms with Crippen LogP contribution in [-0.4, -0.2) is 37.3 Å². The van der Waals surface area contributed by atoms with E-state index in [2.05, 4.69) is 15.5 Å². The lowest BCUT2D eigenvalue weighted by atomic mass is 9.97. The second-order valence-electron chi connectivity index (χ2n) is 7.87. The topological polar surface area (TPSA) is 123 Å². The van der Waals surface area contributed by atoms with Crippen LogP contribution >= 0.6 is 11.8 Å². The molecule has 0 aliphatic heterocycles. The third kappa shape index (κ3) is 5.07. The Hall–Kier alpha value is -3.38. The molecule has 0 atom stereocenters. The van der Waals surface area contributed by atoms with Crippen molar-refractivity contribution in [2.24, 2.45) is 0 Å². The zero-order valence-corrected chi connectivity index (χ0v) is 18.7. The SMILES string of the molecule is O=C(Nc1c(F)cc(C2CCCC2)cc1F)c1cc([N+](=O)[O-])ccc1Sc1nncn1CCO. The lowest BCUT2D eigenvalue weighted by molar-refractivity contribution is -0.384. The van der Waals surface area contributed by atoms with Crippen LogP contribution in [0.3, 0.4) is 0 Å². The van der Waals surface area contributed by atoms with E-state index < -0.39 is 28.2 Å². The van der Waals surface area contributed by atoms with Gasteiger partial charge >= 0.3 is 0 Å². The number of aromatic nitrogens is 3. The first-order valence-electron chi connectivity index (χ1n) is 10.6. The van der Waals surface area contributed by atoms with Crippen molar-refractivity contribution in [1.29, 1.82) is 0 Å². The Bertz CT molecular complexity index is 1210. The van der Waals surface area contributed by atoms with Gasteiger partial charge in [0.15, 0.2) is 5.16 Å². The Morgan fingerprint density at radius 1 is 1.24 bits per heavy atom. The van der Waals surface area contributed by atoms with Gasteiger partial charge in [-0.1, -0.05) is 12.8 Å². The number of anilines is 1. The maximum Gasteiger partial charge on any atom is 0.270 e. The van der Waals surface area contributed by atoms with Gasteiger partial charge in [-0.2, -0.15) is 0 Å². The minimum absolute atomic E-state index is 0.0878. The number of nitro benzene ring substituents is 1. The minimum Gasteiger partial charge on any atom is -0.395 e. The number of benzene rings is 2. The van der Waals surface area contributed by atoms with Crippen LogP contribution in [0.15, 0.2) is 46.7 Å². The van der Waals surface area contributed by atoms with Crippen molar-refractivity contribution in [3.8, 4) is 0 Å². The lowest BCUT2D eigenvalue weighted by Gasteiger charge is -2.14. The second-order valence-corrected chi connectivity index (χ2v) is 8.87. The fourth-order valence-corrected chi connectivity index (χ4v) is 4.91. The van der Waals surface area contributed by atoms with Crippen LogP contribution in [0.1, 0.15) is 47.5 Å². The van der Waals surface area contributed by atoms with Crippen molar-refractivity contribution in [3.05, 3.63) is 69.5 Å². The summed E-state index contributed by atoms with van der Waals surface area (Å²) in [6, 6.07) is 6.06. The number of aliphatic hydroxyl groups is 1. The number of non-ortho nitro benzene ring substituents is 1. The highest BCUT2D eigenvalue weighted by molar-refractivity contribution is 7.99. The summed E-state index contributed by atoms with van der Waals surface area (Å²) in [5.41, 5.74) is -0.571. The Morgan fingerprint density at radius 2 is 1.94 bits per heavy atom. The summed E-state index contributed by atoms with van der Waals surface area (Å²) >= 11 is 0.982. The Labute approximate surface area is 197 Å². The standard InChI is InChI=1S/C22H21F2N5O4S/c23-17-9-14(13-3-1-2-4-13)10-18(24)20(17)26-21(31)16-11-15(29(32)33)5-6-19(16)34-22-27-25-12-28(22)7-8-30/h5-6,9-13,30H,1-4,7-8H2,(H,26,31). The van der Waals surface area contributed by atoms with Gasteiger partial charge in [-0.15, -0.1) is 10.2 Å². The molecular formula is C22H21F2N5O4S. The quantitative estimate of drug-likeness (QED) is 0.352. The van der Waals surface area contributed by atoms with E-state index in [0.717, 1.165) is 43.5 Å².